The zero-order valence-corrected chi connectivity index (χ0v) is 13.1. The summed E-state index contributed by atoms with van der Waals surface area (Å²) in [6.07, 6.45) is 4.77. The lowest BCUT2D eigenvalue weighted by molar-refractivity contribution is 0.216. The summed E-state index contributed by atoms with van der Waals surface area (Å²) in [7, 11) is 0. The molecule has 1 aliphatic carbocycles. The van der Waals surface area contributed by atoms with E-state index in [1.807, 2.05) is 6.07 Å². The van der Waals surface area contributed by atoms with E-state index in [9.17, 15) is 4.39 Å². The molecule has 0 heterocycles. The second kappa shape index (κ2) is 6.77. The molecule has 0 amide bonds. The van der Waals surface area contributed by atoms with E-state index in [2.05, 4.69) is 20.8 Å². The molecule has 19 heavy (non-hydrogen) atoms. The number of thiocarbonyl (C=S) groups is 1. The predicted molar refractivity (Wildman–Crippen MR) is 83.6 cm³/mol. The Balaban J connectivity index is 2.14. The second-order valence-electron chi connectivity index (χ2n) is 5.05. The molecule has 0 aromatic heterocycles. The van der Waals surface area contributed by atoms with Crippen LogP contribution in [0, 0.1) is 5.82 Å². The largest absolute Gasteiger partial charge is 0.392 e. The molecule has 0 saturated heterocycles. The van der Waals surface area contributed by atoms with Gasteiger partial charge in [0.1, 0.15) is 5.82 Å². The predicted octanol–water partition coefficient (Wildman–Crippen LogP) is 3.62. The summed E-state index contributed by atoms with van der Waals surface area (Å²) in [5.41, 5.74) is 6.36. The van der Waals surface area contributed by atoms with Gasteiger partial charge in [0.2, 0.25) is 0 Å². The van der Waals surface area contributed by atoms with Gasteiger partial charge in [-0.1, -0.05) is 41.0 Å². The lowest BCUT2D eigenvalue weighted by atomic mass is 10.1. The Morgan fingerprint density at radius 1 is 1.42 bits per heavy atom. The molecule has 2 N–H and O–H groups in total. The van der Waals surface area contributed by atoms with E-state index in [1.54, 1.807) is 6.07 Å². The minimum atomic E-state index is -0.172. The van der Waals surface area contributed by atoms with Gasteiger partial charge < -0.3 is 5.73 Å². The Hall–Kier alpha value is -0.520. The van der Waals surface area contributed by atoms with E-state index in [0.29, 0.717) is 29.7 Å². The fraction of sp³-hybridized carbons (Fsp3) is 0.500. The van der Waals surface area contributed by atoms with Crippen molar-refractivity contribution in [2.24, 2.45) is 5.73 Å². The fourth-order valence-electron chi connectivity index (χ4n) is 2.67. The van der Waals surface area contributed by atoms with Gasteiger partial charge in [-0.05, 0) is 31.0 Å². The minimum Gasteiger partial charge on any atom is -0.392 e. The zero-order valence-electron chi connectivity index (χ0n) is 10.7. The van der Waals surface area contributed by atoms with Crippen molar-refractivity contribution in [3.8, 4) is 0 Å². The quantitative estimate of drug-likeness (QED) is 0.827. The van der Waals surface area contributed by atoms with Gasteiger partial charge in [0.05, 0.1) is 4.99 Å². The first kappa shape index (κ1) is 14.9. The third-order valence-corrected chi connectivity index (χ3v) is 4.20. The number of nitrogens with zero attached hydrogens (tertiary/aromatic N) is 1. The summed E-state index contributed by atoms with van der Waals surface area (Å²) in [6, 6.07) is 5.51. The van der Waals surface area contributed by atoms with Crippen molar-refractivity contribution in [3.63, 3.8) is 0 Å². The van der Waals surface area contributed by atoms with Gasteiger partial charge in [-0.15, -0.1) is 0 Å². The number of rotatable bonds is 5. The van der Waals surface area contributed by atoms with Gasteiger partial charge >= 0.3 is 0 Å². The molecule has 1 saturated carbocycles. The van der Waals surface area contributed by atoms with Crippen LogP contribution < -0.4 is 5.73 Å². The lowest BCUT2D eigenvalue weighted by Crippen LogP contribution is -2.39. The van der Waals surface area contributed by atoms with Crippen molar-refractivity contribution in [1.29, 1.82) is 0 Å². The molecule has 1 fully saturated rings. The normalized spacial score (nSPS) is 16.2. The Morgan fingerprint density at radius 3 is 2.74 bits per heavy atom. The van der Waals surface area contributed by atoms with Crippen LogP contribution in [0.25, 0.3) is 0 Å². The fourth-order valence-corrected chi connectivity index (χ4v) is 3.24. The lowest BCUT2D eigenvalue weighted by Gasteiger charge is -2.28. The van der Waals surface area contributed by atoms with Gasteiger partial charge in [0.25, 0.3) is 0 Å². The van der Waals surface area contributed by atoms with Crippen molar-refractivity contribution >= 4 is 33.1 Å². The highest BCUT2D eigenvalue weighted by atomic mass is 79.9. The molecule has 0 unspecified atom stereocenters. The zero-order chi connectivity index (χ0) is 13.8. The van der Waals surface area contributed by atoms with Crippen LogP contribution in [0.2, 0.25) is 0 Å². The first-order valence-corrected chi connectivity index (χ1v) is 7.72. The summed E-state index contributed by atoms with van der Waals surface area (Å²) in [4.78, 5) is 2.68. The standard InChI is InChI=1S/C14H18BrFN2S/c15-11-5-6-13(16)10(7-11)8-18(9-14(17)19)12-3-1-2-4-12/h5-7,12H,1-4,8-9H2,(H2,17,19). The highest BCUT2D eigenvalue weighted by molar-refractivity contribution is 9.10. The van der Waals surface area contributed by atoms with Crippen molar-refractivity contribution < 1.29 is 4.39 Å². The molecule has 2 rings (SSSR count). The van der Waals surface area contributed by atoms with Gasteiger partial charge in [-0.25, -0.2) is 4.39 Å². The maximum atomic E-state index is 13.8. The van der Waals surface area contributed by atoms with Crippen LogP contribution in [-0.2, 0) is 6.54 Å². The van der Waals surface area contributed by atoms with Crippen LogP contribution in [0.15, 0.2) is 22.7 Å². The Bertz CT molecular complexity index is 461. The van der Waals surface area contributed by atoms with Gasteiger partial charge in [0, 0.05) is 29.2 Å². The Morgan fingerprint density at radius 2 is 2.11 bits per heavy atom. The van der Waals surface area contributed by atoms with Gasteiger partial charge in [0.15, 0.2) is 0 Å². The van der Waals surface area contributed by atoms with Crippen LogP contribution >= 0.6 is 28.1 Å². The summed E-state index contributed by atoms with van der Waals surface area (Å²) >= 11 is 8.40. The minimum absolute atomic E-state index is 0.172. The van der Waals surface area contributed by atoms with Crippen LogP contribution in [0.1, 0.15) is 31.2 Å². The Labute approximate surface area is 127 Å². The summed E-state index contributed by atoms with van der Waals surface area (Å²) in [5.74, 6) is -0.172. The maximum absolute atomic E-state index is 13.8. The van der Waals surface area contributed by atoms with Crippen molar-refractivity contribution in [2.45, 2.75) is 38.3 Å². The highest BCUT2D eigenvalue weighted by Crippen LogP contribution is 2.26. The number of halogens is 2. The average molecular weight is 345 g/mol. The molecule has 0 bridgehead atoms. The van der Waals surface area contributed by atoms with Crippen molar-refractivity contribution in [3.05, 3.63) is 34.1 Å². The second-order valence-corrected chi connectivity index (χ2v) is 6.49. The summed E-state index contributed by atoms with van der Waals surface area (Å²) < 4.78 is 14.7. The molecular weight excluding hydrogens is 327 g/mol. The molecule has 0 spiro atoms. The number of hydrogen-bond donors (Lipinski definition) is 1. The molecule has 0 aliphatic heterocycles. The SMILES string of the molecule is NC(=S)CN(Cc1cc(Br)ccc1F)C1CCCC1. The molecule has 104 valence electrons. The maximum Gasteiger partial charge on any atom is 0.127 e. The third kappa shape index (κ3) is 4.23. The monoisotopic (exact) mass is 344 g/mol. The molecule has 1 aromatic rings. The molecule has 1 aliphatic rings. The van der Waals surface area contributed by atoms with Crippen LogP contribution in [0.4, 0.5) is 4.39 Å². The van der Waals surface area contributed by atoms with Crippen LogP contribution in [-0.4, -0.2) is 22.5 Å². The molecule has 0 radical (unpaired) electrons. The average Bonchev–Trinajstić information content (AvgIpc) is 2.86. The molecule has 5 heteroatoms. The number of hydrogen-bond acceptors (Lipinski definition) is 2. The van der Waals surface area contributed by atoms with Crippen LogP contribution in [0.3, 0.4) is 0 Å². The smallest absolute Gasteiger partial charge is 0.127 e. The third-order valence-electron chi connectivity index (χ3n) is 3.58. The summed E-state index contributed by atoms with van der Waals surface area (Å²) in [6.45, 7) is 1.12. The van der Waals surface area contributed by atoms with Crippen LogP contribution in [0.5, 0.6) is 0 Å². The first-order valence-electron chi connectivity index (χ1n) is 6.52. The van der Waals surface area contributed by atoms with Gasteiger partial charge in [-0.3, -0.25) is 4.90 Å². The molecule has 2 nitrogen and oxygen atoms in total. The first-order chi connectivity index (χ1) is 9.06. The van der Waals surface area contributed by atoms with Crippen molar-refractivity contribution in [2.75, 3.05) is 6.54 Å². The number of nitrogens with two attached hydrogens (primary N) is 1. The highest BCUT2D eigenvalue weighted by Gasteiger charge is 2.23. The van der Waals surface area contributed by atoms with E-state index in [-0.39, 0.29) is 5.82 Å². The van der Waals surface area contributed by atoms with E-state index in [1.165, 1.54) is 18.9 Å². The molecular formula is C14H18BrFN2S. The molecule has 1 aromatic carbocycles. The summed E-state index contributed by atoms with van der Waals surface area (Å²) in [5, 5.41) is 0. The topological polar surface area (TPSA) is 29.3 Å². The van der Waals surface area contributed by atoms with Gasteiger partial charge in [-0.2, -0.15) is 0 Å². The van der Waals surface area contributed by atoms with E-state index >= 15 is 0 Å². The van der Waals surface area contributed by atoms with E-state index < -0.39 is 0 Å². The number of benzene rings is 1. The molecule has 0 atom stereocenters. The van der Waals surface area contributed by atoms with E-state index in [4.69, 9.17) is 18.0 Å². The van der Waals surface area contributed by atoms with E-state index in [0.717, 1.165) is 17.3 Å². The van der Waals surface area contributed by atoms with Crippen molar-refractivity contribution in [1.82, 2.24) is 4.90 Å². The Kier molecular flexibility index (Phi) is 5.30.